The molecule has 0 aromatic carbocycles. The quantitative estimate of drug-likeness (QED) is 0.0320. The number of hydrogen-bond acceptors (Lipinski definition) is 5. The maximum absolute atomic E-state index is 12.5. The number of hydrogen-bond donors (Lipinski definition) is 3. The first-order valence-corrected chi connectivity index (χ1v) is 38.5. The molecule has 0 saturated heterocycles. The van der Waals surface area contributed by atoms with Gasteiger partial charge >= 0.3 is 5.97 Å². The molecular weight excluding hydrogens is 1020 g/mol. The number of aliphatic hydroxyl groups is 2. The van der Waals surface area contributed by atoms with Crippen molar-refractivity contribution < 1.29 is 24.5 Å². The molecule has 2 atom stereocenters. The Morgan fingerprint density at radius 2 is 0.554 bits per heavy atom. The summed E-state index contributed by atoms with van der Waals surface area (Å²) in [7, 11) is 0. The molecule has 6 heteroatoms. The molecule has 0 saturated carbocycles. The lowest BCUT2D eigenvalue weighted by Crippen LogP contribution is -2.45. The minimum atomic E-state index is -0.844. The summed E-state index contributed by atoms with van der Waals surface area (Å²) < 4.78 is 5.52. The summed E-state index contributed by atoms with van der Waals surface area (Å²) >= 11 is 0. The van der Waals surface area contributed by atoms with E-state index in [0.29, 0.717) is 19.4 Å². The zero-order valence-electron chi connectivity index (χ0n) is 56.7. The van der Waals surface area contributed by atoms with Crippen LogP contribution >= 0.6 is 0 Å². The highest BCUT2D eigenvalue weighted by Crippen LogP contribution is 2.20. The van der Waals surface area contributed by atoms with Gasteiger partial charge in [-0.2, -0.15) is 0 Å². The molecule has 0 rings (SSSR count). The molecular formula is C77H151NO5. The second kappa shape index (κ2) is 73.1. The molecule has 1 amide bonds. The van der Waals surface area contributed by atoms with Crippen LogP contribution in [-0.4, -0.2) is 47.4 Å². The van der Waals surface area contributed by atoms with Gasteiger partial charge in [0.25, 0.3) is 0 Å². The number of unbranched alkanes of at least 4 members (excludes halogenated alkanes) is 62. The third-order valence-corrected chi connectivity index (χ3v) is 18.3. The van der Waals surface area contributed by atoms with Crippen LogP contribution in [0.3, 0.4) is 0 Å². The number of nitrogens with one attached hydrogen (secondary N) is 1. The van der Waals surface area contributed by atoms with Crippen LogP contribution in [-0.2, 0) is 14.3 Å². The summed E-state index contributed by atoms with van der Waals surface area (Å²) in [5, 5.41) is 23.3. The Balaban J connectivity index is 3.36. The van der Waals surface area contributed by atoms with Gasteiger partial charge in [-0.25, -0.2) is 0 Å². The average molecular weight is 1170 g/mol. The highest BCUT2D eigenvalue weighted by Gasteiger charge is 2.18. The normalized spacial score (nSPS) is 12.5. The zero-order chi connectivity index (χ0) is 59.9. The van der Waals surface area contributed by atoms with Crippen LogP contribution in [0.5, 0.6) is 0 Å². The van der Waals surface area contributed by atoms with E-state index in [2.05, 4.69) is 19.2 Å². The van der Waals surface area contributed by atoms with Gasteiger partial charge in [-0.05, 0) is 32.1 Å². The molecule has 0 spiro atoms. The maximum Gasteiger partial charge on any atom is 0.305 e. The van der Waals surface area contributed by atoms with E-state index in [4.69, 9.17) is 4.74 Å². The fourth-order valence-electron chi connectivity index (χ4n) is 12.5. The van der Waals surface area contributed by atoms with Crippen LogP contribution in [0.1, 0.15) is 444 Å². The maximum atomic E-state index is 12.5. The minimum Gasteiger partial charge on any atom is -0.466 e. The third kappa shape index (κ3) is 69.6. The number of carbonyl (C=O) groups excluding carboxylic acids is 2. The van der Waals surface area contributed by atoms with Crippen molar-refractivity contribution in [1.82, 2.24) is 5.32 Å². The molecule has 6 nitrogen and oxygen atoms in total. The van der Waals surface area contributed by atoms with Gasteiger partial charge in [-0.15, -0.1) is 0 Å². The number of amides is 1. The van der Waals surface area contributed by atoms with Crippen molar-refractivity contribution in [1.29, 1.82) is 0 Å². The number of rotatable bonds is 73. The van der Waals surface area contributed by atoms with Gasteiger partial charge in [0.05, 0.1) is 25.4 Å². The van der Waals surface area contributed by atoms with Gasteiger partial charge < -0.3 is 20.3 Å². The number of allylic oxidation sites excluding steroid dienone is 1. The predicted octanol–water partition coefficient (Wildman–Crippen LogP) is 25.1. The van der Waals surface area contributed by atoms with E-state index in [0.717, 1.165) is 38.5 Å². The molecule has 494 valence electrons. The van der Waals surface area contributed by atoms with Crippen LogP contribution in [0.25, 0.3) is 0 Å². The Kier molecular flexibility index (Phi) is 71.8. The number of esters is 1. The topological polar surface area (TPSA) is 95.9 Å². The van der Waals surface area contributed by atoms with Gasteiger partial charge in [-0.3, -0.25) is 9.59 Å². The van der Waals surface area contributed by atoms with Gasteiger partial charge in [0.2, 0.25) is 5.91 Å². The number of carbonyl (C=O) groups is 2. The molecule has 0 aromatic rings. The monoisotopic (exact) mass is 1170 g/mol. The van der Waals surface area contributed by atoms with Crippen molar-refractivity contribution >= 4 is 11.9 Å². The van der Waals surface area contributed by atoms with Crippen LogP contribution in [0, 0.1) is 0 Å². The Bertz CT molecular complexity index is 1260. The molecule has 0 bridgehead atoms. The van der Waals surface area contributed by atoms with E-state index in [1.165, 1.54) is 379 Å². The largest absolute Gasteiger partial charge is 0.466 e. The standard InChI is InChI=1S/C77H151NO5/c1-3-5-7-9-11-13-15-17-19-21-23-24-30-34-37-41-45-49-53-57-61-65-69-75(80)74(73-79)78-76(81)70-66-62-58-54-50-46-42-38-35-31-28-26-25-27-29-32-36-40-44-48-52-56-60-64-68-72-83-77(82)71-67-63-59-55-51-47-43-39-33-22-20-18-16-14-12-10-8-6-4-2/h65,69,74-75,79-80H,3-64,66-68,70-73H2,1-2H3,(H,78,81)/b69-65+. The van der Waals surface area contributed by atoms with E-state index in [1.54, 1.807) is 6.08 Å². The fraction of sp³-hybridized carbons (Fsp3) is 0.948. The highest BCUT2D eigenvalue weighted by atomic mass is 16.5. The summed E-state index contributed by atoms with van der Waals surface area (Å²) in [5.74, 6) is -0.0387. The summed E-state index contributed by atoms with van der Waals surface area (Å²) in [5.41, 5.74) is 0. The van der Waals surface area contributed by atoms with E-state index in [1.807, 2.05) is 6.08 Å². The van der Waals surface area contributed by atoms with Crippen molar-refractivity contribution in [3.05, 3.63) is 12.2 Å². The molecule has 0 radical (unpaired) electrons. The molecule has 0 aliphatic carbocycles. The molecule has 0 fully saturated rings. The SMILES string of the molecule is CCCCCCCCCCCCCCCCCCCCCC/C=C/C(O)C(CO)NC(=O)CCCCCCCCCCCCCCCCCCCCCCCCCCCOC(=O)CCCCCCCCCCCCCCCCCCCCC. The predicted molar refractivity (Wildman–Crippen MR) is 366 cm³/mol. The summed E-state index contributed by atoms with van der Waals surface area (Å²) in [4.78, 5) is 24.7. The molecule has 0 heterocycles. The van der Waals surface area contributed by atoms with E-state index in [-0.39, 0.29) is 18.5 Å². The molecule has 0 aliphatic rings. The van der Waals surface area contributed by atoms with Gasteiger partial charge in [0.15, 0.2) is 0 Å². The Morgan fingerprint density at radius 3 is 0.819 bits per heavy atom. The van der Waals surface area contributed by atoms with Crippen molar-refractivity contribution in [2.45, 2.75) is 456 Å². The summed E-state index contributed by atoms with van der Waals surface area (Å²) in [6.45, 7) is 4.96. The second-order valence-corrected chi connectivity index (χ2v) is 26.7. The molecule has 0 aromatic heterocycles. The third-order valence-electron chi connectivity index (χ3n) is 18.3. The van der Waals surface area contributed by atoms with Gasteiger partial charge in [-0.1, -0.05) is 411 Å². The van der Waals surface area contributed by atoms with Crippen molar-refractivity contribution in [2.24, 2.45) is 0 Å². The first-order chi connectivity index (χ1) is 41.0. The molecule has 2 unspecified atom stereocenters. The van der Waals surface area contributed by atoms with Crippen LogP contribution < -0.4 is 5.32 Å². The summed E-state index contributed by atoms with van der Waals surface area (Å²) in [6.07, 6.45) is 91.7. The van der Waals surface area contributed by atoms with E-state index in [9.17, 15) is 19.8 Å². The Hall–Kier alpha value is -1.40. The van der Waals surface area contributed by atoms with Crippen molar-refractivity contribution in [2.75, 3.05) is 13.2 Å². The van der Waals surface area contributed by atoms with Crippen molar-refractivity contribution in [3.8, 4) is 0 Å². The first kappa shape index (κ1) is 81.6. The fourth-order valence-corrected chi connectivity index (χ4v) is 12.5. The lowest BCUT2D eigenvalue weighted by Gasteiger charge is -2.20. The van der Waals surface area contributed by atoms with Gasteiger partial charge in [0.1, 0.15) is 0 Å². The lowest BCUT2D eigenvalue weighted by molar-refractivity contribution is -0.143. The summed E-state index contributed by atoms with van der Waals surface area (Å²) in [6, 6.07) is -0.627. The van der Waals surface area contributed by atoms with E-state index < -0.39 is 12.1 Å². The smallest absolute Gasteiger partial charge is 0.305 e. The van der Waals surface area contributed by atoms with Crippen molar-refractivity contribution in [3.63, 3.8) is 0 Å². The van der Waals surface area contributed by atoms with E-state index >= 15 is 0 Å². The zero-order valence-corrected chi connectivity index (χ0v) is 56.7. The van der Waals surface area contributed by atoms with Gasteiger partial charge in [0, 0.05) is 12.8 Å². The minimum absolute atomic E-state index is 0.0222. The number of ether oxygens (including phenoxy) is 1. The Morgan fingerprint density at radius 1 is 0.325 bits per heavy atom. The second-order valence-electron chi connectivity index (χ2n) is 26.7. The van der Waals surface area contributed by atoms with Crippen LogP contribution in [0.15, 0.2) is 12.2 Å². The number of aliphatic hydroxyl groups excluding tert-OH is 2. The lowest BCUT2D eigenvalue weighted by atomic mass is 10.0. The van der Waals surface area contributed by atoms with Crippen LogP contribution in [0.2, 0.25) is 0 Å². The molecule has 3 N–H and O–H groups in total. The first-order valence-electron chi connectivity index (χ1n) is 38.5. The molecule has 0 aliphatic heterocycles. The van der Waals surface area contributed by atoms with Crippen LogP contribution in [0.4, 0.5) is 0 Å². The Labute approximate surface area is 520 Å². The highest BCUT2D eigenvalue weighted by molar-refractivity contribution is 5.76. The molecule has 83 heavy (non-hydrogen) atoms. The average Bonchev–Trinajstić information content (AvgIpc) is 3.49.